The third-order valence-corrected chi connectivity index (χ3v) is 6.26. The van der Waals surface area contributed by atoms with Crippen LogP contribution in [0.3, 0.4) is 0 Å². The first-order valence-electron chi connectivity index (χ1n) is 9.75. The topological polar surface area (TPSA) is 48.8 Å². The van der Waals surface area contributed by atoms with E-state index in [2.05, 4.69) is 33.8 Å². The second kappa shape index (κ2) is 8.47. The molecule has 1 aromatic heterocycles. The van der Waals surface area contributed by atoms with Gasteiger partial charge in [0.2, 0.25) is 0 Å². The first-order valence-corrected chi connectivity index (χ1v) is 9.75. The summed E-state index contributed by atoms with van der Waals surface area (Å²) in [7, 11) is 0. The zero-order valence-electron chi connectivity index (χ0n) is 15.8. The number of aliphatic hydroxyl groups excluding tert-OH is 1. The Balaban J connectivity index is 1.59. The maximum absolute atomic E-state index is 10.1. The Morgan fingerprint density at radius 1 is 1.28 bits per heavy atom. The minimum Gasteiger partial charge on any atom is -0.396 e. The van der Waals surface area contributed by atoms with Gasteiger partial charge in [-0.05, 0) is 63.7 Å². The molecule has 140 valence electrons. The average molecular weight is 348 g/mol. The first kappa shape index (κ1) is 18.6. The van der Waals surface area contributed by atoms with Crippen molar-refractivity contribution in [1.29, 1.82) is 0 Å². The Morgan fingerprint density at radius 3 is 2.72 bits per heavy atom. The van der Waals surface area contributed by atoms with Gasteiger partial charge in [-0.25, -0.2) is 0 Å². The lowest BCUT2D eigenvalue weighted by Crippen LogP contribution is -2.53. The lowest BCUT2D eigenvalue weighted by atomic mass is 9.64. The fourth-order valence-corrected chi connectivity index (χ4v) is 4.54. The van der Waals surface area contributed by atoms with Crippen molar-refractivity contribution >= 4 is 5.69 Å². The lowest BCUT2D eigenvalue weighted by molar-refractivity contribution is -0.00380. The van der Waals surface area contributed by atoms with Crippen molar-refractivity contribution in [3.63, 3.8) is 0 Å². The van der Waals surface area contributed by atoms with E-state index in [1.807, 2.05) is 13.1 Å². The summed E-state index contributed by atoms with van der Waals surface area (Å²) in [4.78, 5) is 9.26. The maximum Gasteiger partial charge on any atom is 0.0593 e. The number of pyridine rings is 1. The van der Waals surface area contributed by atoms with Crippen LogP contribution < -0.4 is 4.90 Å². The highest BCUT2D eigenvalue weighted by atomic mass is 16.5. The third kappa shape index (κ3) is 4.33. The molecule has 5 heteroatoms. The predicted octanol–water partition coefficient (Wildman–Crippen LogP) is 2.33. The number of hydrogen-bond acceptors (Lipinski definition) is 5. The van der Waals surface area contributed by atoms with E-state index in [9.17, 15) is 5.11 Å². The second-order valence-electron chi connectivity index (χ2n) is 7.63. The van der Waals surface area contributed by atoms with Crippen LogP contribution >= 0.6 is 0 Å². The van der Waals surface area contributed by atoms with Gasteiger partial charge in [0.05, 0.1) is 6.61 Å². The van der Waals surface area contributed by atoms with Gasteiger partial charge < -0.3 is 19.6 Å². The molecule has 2 saturated heterocycles. The Bertz CT molecular complexity index is 543. The number of piperidine rings is 2. The molecule has 25 heavy (non-hydrogen) atoms. The van der Waals surface area contributed by atoms with E-state index >= 15 is 0 Å². The summed E-state index contributed by atoms with van der Waals surface area (Å²) in [6.45, 7) is 11.4. The van der Waals surface area contributed by atoms with Gasteiger partial charge >= 0.3 is 0 Å². The summed E-state index contributed by atoms with van der Waals surface area (Å²) in [5.41, 5.74) is 2.62. The molecule has 0 saturated carbocycles. The van der Waals surface area contributed by atoms with Gasteiger partial charge in [-0.15, -0.1) is 0 Å². The molecule has 2 fully saturated rings. The summed E-state index contributed by atoms with van der Waals surface area (Å²) >= 11 is 0. The second-order valence-corrected chi connectivity index (χ2v) is 7.63. The fraction of sp³-hybridized carbons (Fsp3) is 0.750. The van der Waals surface area contributed by atoms with Gasteiger partial charge in [0.15, 0.2) is 0 Å². The molecule has 3 heterocycles. The zero-order valence-corrected chi connectivity index (χ0v) is 15.8. The van der Waals surface area contributed by atoms with E-state index < -0.39 is 0 Å². The largest absolute Gasteiger partial charge is 0.396 e. The molecule has 1 spiro atoms. The minimum absolute atomic E-state index is 0.291. The van der Waals surface area contributed by atoms with E-state index in [1.54, 1.807) is 0 Å². The number of ether oxygens (including phenoxy) is 1. The van der Waals surface area contributed by atoms with Crippen LogP contribution in [-0.2, 0) is 4.74 Å². The smallest absolute Gasteiger partial charge is 0.0593 e. The van der Waals surface area contributed by atoms with Crippen molar-refractivity contribution in [1.82, 2.24) is 9.88 Å². The SMILES string of the molecule is CCOCCN1CCC2(CC1)CCN(c1ccnc(C)c1)C[C@H]2CO. The van der Waals surface area contributed by atoms with Gasteiger partial charge in [-0.3, -0.25) is 4.98 Å². The van der Waals surface area contributed by atoms with Gasteiger partial charge in [0.1, 0.15) is 0 Å². The van der Waals surface area contributed by atoms with Crippen molar-refractivity contribution < 1.29 is 9.84 Å². The van der Waals surface area contributed by atoms with Gasteiger partial charge in [-0.2, -0.15) is 0 Å². The van der Waals surface area contributed by atoms with Crippen LogP contribution in [0.2, 0.25) is 0 Å². The van der Waals surface area contributed by atoms with Crippen molar-refractivity contribution in [2.45, 2.75) is 33.1 Å². The molecule has 0 unspecified atom stereocenters. The van der Waals surface area contributed by atoms with Crippen LogP contribution in [0.15, 0.2) is 18.3 Å². The van der Waals surface area contributed by atoms with Crippen LogP contribution in [0.25, 0.3) is 0 Å². The Hall–Kier alpha value is -1.17. The molecular weight excluding hydrogens is 314 g/mol. The highest BCUT2D eigenvalue weighted by Gasteiger charge is 2.44. The minimum atomic E-state index is 0.291. The normalized spacial score (nSPS) is 24.0. The van der Waals surface area contributed by atoms with Gasteiger partial charge in [0, 0.05) is 56.3 Å². The molecule has 0 amide bonds. The average Bonchev–Trinajstić information content (AvgIpc) is 2.64. The lowest BCUT2D eigenvalue weighted by Gasteiger charge is -2.52. The number of hydrogen-bond donors (Lipinski definition) is 1. The van der Waals surface area contributed by atoms with Crippen LogP contribution in [0.5, 0.6) is 0 Å². The Morgan fingerprint density at radius 2 is 2.04 bits per heavy atom. The molecule has 3 rings (SSSR count). The molecular formula is C20H33N3O2. The molecule has 0 aromatic carbocycles. The van der Waals surface area contributed by atoms with E-state index in [1.165, 1.54) is 24.9 Å². The molecule has 1 aromatic rings. The predicted molar refractivity (Wildman–Crippen MR) is 101 cm³/mol. The Kier molecular flexibility index (Phi) is 6.31. The summed E-state index contributed by atoms with van der Waals surface area (Å²) in [5, 5.41) is 10.1. The third-order valence-electron chi connectivity index (χ3n) is 6.26. The van der Waals surface area contributed by atoms with E-state index in [-0.39, 0.29) is 0 Å². The fourth-order valence-electron chi connectivity index (χ4n) is 4.54. The number of aryl methyl sites for hydroxylation is 1. The summed E-state index contributed by atoms with van der Waals surface area (Å²) < 4.78 is 5.49. The van der Waals surface area contributed by atoms with Crippen LogP contribution in [0, 0.1) is 18.3 Å². The summed E-state index contributed by atoms with van der Waals surface area (Å²) in [6.07, 6.45) is 5.47. The quantitative estimate of drug-likeness (QED) is 0.801. The molecule has 2 aliphatic heterocycles. The number of rotatable bonds is 6. The van der Waals surface area contributed by atoms with Gasteiger partial charge in [-0.1, -0.05) is 0 Å². The van der Waals surface area contributed by atoms with E-state index in [4.69, 9.17) is 4.74 Å². The molecule has 1 atom stereocenters. The van der Waals surface area contributed by atoms with Gasteiger partial charge in [0.25, 0.3) is 0 Å². The number of likely N-dealkylation sites (tertiary alicyclic amines) is 1. The Labute approximate surface area is 152 Å². The standard InChI is InChI=1S/C20H33N3O2/c1-3-25-13-12-22-9-5-20(6-10-22)7-11-23(15-18(20)16-24)19-4-8-21-17(2)14-19/h4,8,14,18,24H,3,5-7,9-13,15-16H2,1-2H3/t18-/m0/s1. The van der Waals surface area contributed by atoms with Crippen molar-refractivity contribution in [2.24, 2.45) is 11.3 Å². The maximum atomic E-state index is 10.1. The summed E-state index contributed by atoms with van der Waals surface area (Å²) in [6, 6.07) is 4.25. The van der Waals surface area contributed by atoms with Crippen molar-refractivity contribution in [2.75, 3.05) is 57.4 Å². The molecule has 2 aliphatic rings. The summed E-state index contributed by atoms with van der Waals surface area (Å²) in [5.74, 6) is 0.365. The van der Waals surface area contributed by atoms with Crippen LogP contribution in [-0.4, -0.2) is 67.5 Å². The van der Waals surface area contributed by atoms with Crippen LogP contribution in [0.1, 0.15) is 31.9 Å². The molecule has 0 radical (unpaired) electrons. The number of aliphatic hydroxyl groups is 1. The molecule has 0 aliphatic carbocycles. The first-order chi connectivity index (χ1) is 12.2. The van der Waals surface area contributed by atoms with E-state index in [0.29, 0.717) is 17.9 Å². The van der Waals surface area contributed by atoms with E-state index in [0.717, 1.165) is 51.6 Å². The number of nitrogens with zero attached hydrogens (tertiary/aromatic N) is 3. The van der Waals surface area contributed by atoms with Crippen LogP contribution in [0.4, 0.5) is 5.69 Å². The zero-order chi connectivity index (χ0) is 17.7. The van der Waals surface area contributed by atoms with Crippen molar-refractivity contribution in [3.8, 4) is 0 Å². The molecule has 1 N–H and O–H groups in total. The monoisotopic (exact) mass is 347 g/mol. The van der Waals surface area contributed by atoms with Crippen molar-refractivity contribution in [3.05, 3.63) is 24.0 Å². The number of anilines is 1. The molecule has 5 nitrogen and oxygen atoms in total. The highest BCUT2D eigenvalue weighted by Crippen LogP contribution is 2.45. The highest BCUT2D eigenvalue weighted by molar-refractivity contribution is 5.47. The molecule has 0 bridgehead atoms. The number of aromatic nitrogens is 1.